The van der Waals surface area contributed by atoms with Gasteiger partial charge in [0, 0.05) is 38.3 Å². The maximum absolute atomic E-state index is 12.4. The number of methoxy groups -OCH3 is 4. The standard InChI is InChI=1S/C17H23ClN4O6.C12H21NO4.C6H4Cl2N2O2/c1-17(2,3)28-16(25)21-6-7-22(11(9-21)14(24)27-5)12-8-10(13(23)26-4)19-15(18)20-12;1-12(2,3)17-11(15)13-7-5-6-9(8-13)10(14)16-4;1-12-5(11)3-2-4(7)10-6(8)9-3/h8,11H,6-7,9H2,1-5H3;9H,5-8H2,1-4H3;2H,1H3. The van der Waals surface area contributed by atoms with Gasteiger partial charge in [-0.15, -0.1) is 0 Å². The van der Waals surface area contributed by atoms with Crippen LogP contribution in [0.5, 0.6) is 0 Å². The van der Waals surface area contributed by atoms with Crippen molar-refractivity contribution in [2.75, 3.05) is 66.1 Å². The highest BCUT2D eigenvalue weighted by Crippen LogP contribution is 2.24. The van der Waals surface area contributed by atoms with Crippen LogP contribution in [-0.4, -0.2) is 144 Å². The largest absolute Gasteiger partial charge is 0.469 e. The maximum atomic E-state index is 12.4. The number of aromatic nitrogens is 4. The molecular formula is C35H48Cl3N7O12. The van der Waals surface area contributed by atoms with Crippen LogP contribution in [0.15, 0.2) is 12.1 Å². The average molecular weight is 865 g/mol. The Hall–Kier alpha value is -4.75. The van der Waals surface area contributed by atoms with Gasteiger partial charge in [0.1, 0.15) is 28.2 Å². The molecule has 0 bridgehead atoms. The summed E-state index contributed by atoms with van der Waals surface area (Å²) in [5, 5.41) is -0.144. The number of esters is 4. The molecule has 2 saturated heterocycles. The van der Waals surface area contributed by atoms with E-state index in [0.717, 1.165) is 12.8 Å². The van der Waals surface area contributed by atoms with Gasteiger partial charge in [0.15, 0.2) is 11.4 Å². The van der Waals surface area contributed by atoms with Gasteiger partial charge in [-0.25, -0.2) is 43.9 Å². The molecular weight excluding hydrogens is 817 g/mol. The Morgan fingerprint density at radius 3 is 1.60 bits per heavy atom. The first-order valence-corrected chi connectivity index (χ1v) is 18.4. The third kappa shape index (κ3) is 16.0. The van der Waals surface area contributed by atoms with Gasteiger partial charge < -0.3 is 43.1 Å². The molecule has 0 N–H and O–H groups in total. The SMILES string of the molecule is COC(=O)C1CCCN(C(=O)OC(C)(C)C)C1.COC(=O)c1cc(Cl)nc(Cl)n1.COC(=O)c1cc(N2CCN(C(=O)OC(C)(C)C)CC2C(=O)OC)nc(Cl)n1. The van der Waals surface area contributed by atoms with Crippen molar-refractivity contribution in [1.29, 1.82) is 0 Å². The number of anilines is 1. The summed E-state index contributed by atoms with van der Waals surface area (Å²) in [4.78, 5) is 90.3. The number of carbonyl (C=O) groups excluding carboxylic acids is 6. The van der Waals surface area contributed by atoms with Gasteiger partial charge in [-0.05, 0) is 77.6 Å². The molecule has 2 aromatic rings. The number of piperazine rings is 1. The molecule has 4 rings (SSSR count). The highest BCUT2D eigenvalue weighted by atomic mass is 35.5. The zero-order valence-corrected chi connectivity index (χ0v) is 35.7. The van der Waals surface area contributed by atoms with Crippen LogP contribution < -0.4 is 4.90 Å². The van der Waals surface area contributed by atoms with Crippen LogP contribution in [0.3, 0.4) is 0 Å². The molecule has 0 aliphatic carbocycles. The molecule has 2 atom stereocenters. The molecule has 0 spiro atoms. The van der Waals surface area contributed by atoms with Crippen LogP contribution in [0.4, 0.5) is 15.4 Å². The lowest BCUT2D eigenvalue weighted by Gasteiger charge is -2.40. The van der Waals surface area contributed by atoms with Crippen molar-refractivity contribution >= 4 is 76.7 Å². The fraction of sp³-hybridized carbons (Fsp3) is 0.600. The van der Waals surface area contributed by atoms with Crippen molar-refractivity contribution in [3.8, 4) is 0 Å². The lowest BCUT2D eigenvalue weighted by molar-refractivity contribution is -0.147. The molecule has 0 aromatic carbocycles. The van der Waals surface area contributed by atoms with Crippen LogP contribution in [0.25, 0.3) is 0 Å². The normalized spacial score (nSPS) is 16.7. The molecule has 2 unspecified atom stereocenters. The van der Waals surface area contributed by atoms with Gasteiger partial charge in [-0.1, -0.05) is 11.6 Å². The zero-order valence-electron chi connectivity index (χ0n) is 33.4. The molecule has 0 saturated carbocycles. The minimum Gasteiger partial charge on any atom is -0.469 e. The van der Waals surface area contributed by atoms with E-state index in [1.165, 1.54) is 45.5 Å². The van der Waals surface area contributed by atoms with Crippen molar-refractivity contribution in [2.24, 2.45) is 5.92 Å². The Balaban J connectivity index is 0.000000327. The predicted molar refractivity (Wildman–Crippen MR) is 205 cm³/mol. The summed E-state index contributed by atoms with van der Waals surface area (Å²) in [6.07, 6.45) is 0.688. The third-order valence-corrected chi connectivity index (χ3v) is 8.08. The minimum atomic E-state index is -0.859. The monoisotopic (exact) mass is 863 g/mol. The third-order valence-electron chi connectivity index (χ3n) is 7.55. The maximum Gasteiger partial charge on any atom is 0.410 e. The van der Waals surface area contributed by atoms with Crippen LogP contribution in [0.2, 0.25) is 15.7 Å². The Morgan fingerprint density at radius 1 is 0.632 bits per heavy atom. The first kappa shape index (κ1) is 48.4. The fourth-order valence-corrected chi connectivity index (χ4v) is 5.66. The molecule has 57 heavy (non-hydrogen) atoms. The van der Waals surface area contributed by atoms with Crippen molar-refractivity contribution in [3.63, 3.8) is 0 Å². The number of nitrogens with zero attached hydrogens (tertiary/aromatic N) is 7. The van der Waals surface area contributed by atoms with Gasteiger partial charge in [-0.3, -0.25) is 4.79 Å². The second kappa shape index (κ2) is 21.7. The van der Waals surface area contributed by atoms with Crippen LogP contribution in [0.1, 0.15) is 75.4 Å². The number of halogens is 3. The summed E-state index contributed by atoms with van der Waals surface area (Å²) in [5.41, 5.74) is -1.17. The number of carbonyl (C=O) groups is 6. The highest BCUT2D eigenvalue weighted by molar-refractivity contribution is 6.32. The Morgan fingerprint density at radius 2 is 1.12 bits per heavy atom. The van der Waals surface area contributed by atoms with Gasteiger partial charge in [0.05, 0.1) is 40.9 Å². The number of rotatable bonds is 5. The summed E-state index contributed by atoms with van der Waals surface area (Å²) in [5.74, 6) is -2.07. The molecule has 2 aliphatic heterocycles. The van der Waals surface area contributed by atoms with Crippen molar-refractivity contribution < 1.29 is 57.2 Å². The van der Waals surface area contributed by atoms with E-state index in [4.69, 9.17) is 53.8 Å². The number of piperidine rings is 1. The summed E-state index contributed by atoms with van der Waals surface area (Å²) in [6.45, 7) is 12.3. The minimum absolute atomic E-state index is 0.0246. The van der Waals surface area contributed by atoms with Crippen LogP contribution in [-0.2, 0) is 38.0 Å². The van der Waals surface area contributed by atoms with E-state index in [-0.39, 0.29) is 70.5 Å². The molecule has 2 fully saturated rings. The zero-order chi connectivity index (χ0) is 43.2. The van der Waals surface area contributed by atoms with Crippen molar-refractivity contribution in [1.82, 2.24) is 29.7 Å². The molecule has 2 aromatic heterocycles. The second-order valence-corrected chi connectivity index (χ2v) is 15.2. The lowest BCUT2D eigenvalue weighted by atomic mass is 9.99. The Bertz CT molecular complexity index is 1740. The molecule has 316 valence electrons. The van der Waals surface area contributed by atoms with E-state index in [9.17, 15) is 28.8 Å². The molecule has 2 aliphatic rings. The molecule has 2 amide bonds. The number of hydrogen-bond donors (Lipinski definition) is 0. The van der Waals surface area contributed by atoms with Gasteiger partial charge >= 0.3 is 36.1 Å². The number of hydrogen-bond acceptors (Lipinski definition) is 17. The Labute approximate surface area is 345 Å². The van der Waals surface area contributed by atoms with E-state index in [0.29, 0.717) is 13.1 Å². The van der Waals surface area contributed by atoms with Crippen molar-refractivity contribution in [3.05, 3.63) is 39.2 Å². The van der Waals surface area contributed by atoms with E-state index in [1.54, 1.807) is 30.6 Å². The van der Waals surface area contributed by atoms with E-state index < -0.39 is 41.2 Å². The first-order valence-electron chi connectivity index (χ1n) is 17.3. The molecule has 19 nitrogen and oxygen atoms in total. The van der Waals surface area contributed by atoms with E-state index >= 15 is 0 Å². The summed E-state index contributed by atoms with van der Waals surface area (Å²) < 4.78 is 29.3. The molecule has 22 heteroatoms. The predicted octanol–water partition coefficient (Wildman–Crippen LogP) is 4.89. The van der Waals surface area contributed by atoms with Gasteiger partial charge in [0.25, 0.3) is 0 Å². The number of amides is 2. The number of ether oxygens (including phenoxy) is 6. The molecule has 0 radical (unpaired) electrons. The summed E-state index contributed by atoms with van der Waals surface area (Å²) >= 11 is 16.9. The molecule has 4 heterocycles. The lowest BCUT2D eigenvalue weighted by Crippen LogP contribution is -2.59. The van der Waals surface area contributed by atoms with Crippen LogP contribution >= 0.6 is 34.8 Å². The summed E-state index contributed by atoms with van der Waals surface area (Å²) in [7, 11) is 5.08. The van der Waals surface area contributed by atoms with Gasteiger partial charge in [0.2, 0.25) is 10.6 Å². The van der Waals surface area contributed by atoms with Crippen LogP contribution in [0, 0.1) is 5.92 Å². The highest BCUT2D eigenvalue weighted by Gasteiger charge is 2.38. The average Bonchev–Trinajstić information content (AvgIpc) is 3.14. The van der Waals surface area contributed by atoms with E-state index in [2.05, 4.69) is 29.4 Å². The van der Waals surface area contributed by atoms with E-state index in [1.807, 2.05) is 20.8 Å². The smallest absolute Gasteiger partial charge is 0.410 e. The number of likely N-dealkylation sites (tertiary alicyclic amines) is 1. The quantitative estimate of drug-likeness (QED) is 0.169. The fourth-order valence-electron chi connectivity index (χ4n) is 5.08. The first-order chi connectivity index (χ1) is 26.5. The second-order valence-electron chi connectivity index (χ2n) is 14.2. The Kier molecular flexibility index (Phi) is 18.4. The summed E-state index contributed by atoms with van der Waals surface area (Å²) in [6, 6.07) is 1.79. The van der Waals surface area contributed by atoms with Crippen molar-refractivity contribution in [2.45, 2.75) is 71.6 Å². The van der Waals surface area contributed by atoms with Gasteiger partial charge in [-0.2, -0.15) is 0 Å². The topological polar surface area (TPSA) is 219 Å².